The number of rotatable bonds is 4. The molecule has 0 saturated carbocycles. The summed E-state index contributed by atoms with van der Waals surface area (Å²) < 4.78 is 17.7. The normalized spacial score (nSPS) is 34.6. The smallest absolute Gasteiger partial charge is 0.328 e. The van der Waals surface area contributed by atoms with Crippen LogP contribution in [0.5, 0.6) is 0 Å². The summed E-state index contributed by atoms with van der Waals surface area (Å²) in [5.74, 6) is 0.135. The number of carbonyl (C=O) groups is 1. The molecule has 8 nitrogen and oxygen atoms in total. The second kappa shape index (κ2) is 5.92. The van der Waals surface area contributed by atoms with Crippen LogP contribution in [0, 0.1) is 0 Å². The van der Waals surface area contributed by atoms with Crippen molar-refractivity contribution in [3.63, 3.8) is 0 Å². The van der Waals surface area contributed by atoms with Crippen LogP contribution in [0.4, 0.5) is 9.18 Å². The molecular formula is C11H18FN3O5. The van der Waals surface area contributed by atoms with Crippen molar-refractivity contribution in [1.29, 1.82) is 0 Å². The van der Waals surface area contributed by atoms with Crippen LogP contribution in [0.25, 0.3) is 0 Å². The summed E-state index contributed by atoms with van der Waals surface area (Å²) in [4.78, 5) is 14.3. The Bertz CT molecular complexity index is 408. The van der Waals surface area contributed by atoms with Crippen molar-refractivity contribution in [1.82, 2.24) is 9.80 Å². The fourth-order valence-electron chi connectivity index (χ4n) is 2.31. The van der Waals surface area contributed by atoms with Gasteiger partial charge in [-0.05, 0) is 6.08 Å². The van der Waals surface area contributed by atoms with E-state index in [0.717, 1.165) is 9.80 Å². The molecule has 0 aromatic heterocycles. The van der Waals surface area contributed by atoms with Crippen molar-refractivity contribution in [2.45, 2.75) is 24.5 Å². The van der Waals surface area contributed by atoms with Crippen molar-refractivity contribution in [2.24, 2.45) is 5.73 Å². The Morgan fingerprint density at radius 2 is 2.15 bits per heavy atom. The first kappa shape index (κ1) is 15.0. The number of aliphatic hydroxyl groups is 3. The number of aliphatic hydroxyl groups excluding tert-OH is 3. The lowest BCUT2D eigenvalue weighted by molar-refractivity contribution is -0.0811. The van der Waals surface area contributed by atoms with Gasteiger partial charge in [0.15, 0.2) is 6.23 Å². The van der Waals surface area contributed by atoms with Crippen LogP contribution in [-0.4, -0.2) is 82.1 Å². The van der Waals surface area contributed by atoms with Crippen molar-refractivity contribution in [2.75, 3.05) is 26.4 Å². The average molecular weight is 291 g/mol. The number of hydrogen-bond acceptors (Lipinski definition) is 6. The zero-order valence-corrected chi connectivity index (χ0v) is 10.7. The molecular weight excluding hydrogens is 273 g/mol. The van der Waals surface area contributed by atoms with Gasteiger partial charge in [-0.2, -0.15) is 0 Å². The van der Waals surface area contributed by atoms with E-state index in [0.29, 0.717) is 0 Å². The van der Waals surface area contributed by atoms with Gasteiger partial charge in [0, 0.05) is 6.54 Å². The minimum Gasteiger partial charge on any atom is -0.394 e. The van der Waals surface area contributed by atoms with Crippen LogP contribution in [0.2, 0.25) is 0 Å². The Kier molecular flexibility index (Phi) is 4.43. The Morgan fingerprint density at radius 1 is 1.45 bits per heavy atom. The molecule has 0 spiro atoms. The number of amides is 2. The topological polar surface area (TPSA) is 119 Å². The van der Waals surface area contributed by atoms with Crippen LogP contribution >= 0.6 is 0 Å². The fraction of sp³-hybridized carbons (Fsp3) is 0.727. The van der Waals surface area contributed by atoms with E-state index in [2.05, 4.69) is 0 Å². The number of carbonyl (C=O) groups excluding carboxylic acids is 1. The van der Waals surface area contributed by atoms with Crippen molar-refractivity contribution >= 4 is 6.03 Å². The summed E-state index contributed by atoms with van der Waals surface area (Å²) in [5.41, 5.74) is 5.61. The molecule has 114 valence electrons. The van der Waals surface area contributed by atoms with Gasteiger partial charge in [-0.1, -0.05) is 0 Å². The number of halogens is 1. The van der Waals surface area contributed by atoms with Crippen LogP contribution in [0.15, 0.2) is 11.9 Å². The highest BCUT2D eigenvalue weighted by Crippen LogP contribution is 2.26. The second-order valence-corrected chi connectivity index (χ2v) is 4.63. The predicted molar refractivity (Wildman–Crippen MR) is 64.8 cm³/mol. The summed E-state index contributed by atoms with van der Waals surface area (Å²) in [6.07, 6.45) is -3.24. The zero-order chi connectivity index (χ0) is 14.9. The number of nitrogens with zero attached hydrogens (tertiary/aromatic N) is 2. The summed E-state index contributed by atoms with van der Waals surface area (Å²) in [5, 5.41) is 28.6. The first-order valence-electron chi connectivity index (χ1n) is 6.23. The van der Waals surface area contributed by atoms with E-state index in [1.807, 2.05) is 0 Å². The summed E-state index contributed by atoms with van der Waals surface area (Å²) >= 11 is 0. The van der Waals surface area contributed by atoms with Crippen LogP contribution in [0.1, 0.15) is 0 Å². The molecule has 0 radical (unpaired) electrons. The molecule has 5 N–H and O–H groups in total. The molecule has 20 heavy (non-hydrogen) atoms. The van der Waals surface area contributed by atoms with Gasteiger partial charge in [-0.3, -0.25) is 9.80 Å². The zero-order valence-electron chi connectivity index (χ0n) is 10.7. The summed E-state index contributed by atoms with van der Waals surface area (Å²) in [6, 6.07) is -0.613. The van der Waals surface area contributed by atoms with E-state index < -0.39 is 43.9 Å². The molecule has 0 bridgehead atoms. The van der Waals surface area contributed by atoms with Gasteiger partial charge in [-0.25, -0.2) is 9.18 Å². The molecule has 1 fully saturated rings. The number of nitrogens with two attached hydrogens (primary N) is 1. The highest BCUT2D eigenvalue weighted by Gasteiger charge is 2.47. The van der Waals surface area contributed by atoms with Crippen molar-refractivity contribution in [3.05, 3.63) is 11.9 Å². The number of hydrogen-bond donors (Lipinski definition) is 4. The van der Waals surface area contributed by atoms with Gasteiger partial charge >= 0.3 is 6.03 Å². The van der Waals surface area contributed by atoms with Gasteiger partial charge in [0.05, 0.1) is 13.2 Å². The summed E-state index contributed by atoms with van der Waals surface area (Å²) in [7, 11) is 0. The van der Waals surface area contributed by atoms with E-state index in [9.17, 15) is 19.4 Å². The molecule has 0 aliphatic carbocycles. The first-order chi connectivity index (χ1) is 9.51. The highest BCUT2D eigenvalue weighted by atomic mass is 19.1. The van der Waals surface area contributed by atoms with E-state index >= 15 is 0 Å². The second-order valence-electron chi connectivity index (χ2n) is 4.63. The number of alkyl halides is 1. The SMILES string of the molecule is NC1=CCN([C@@H]2O[C@H](CO)[C@@H](O)[C@H]2O)C(=O)N1CCF. The Labute approximate surface area is 114 Å². The third kappa shape index (κ3) is 2.44. The minimum absolute atomic E-state index is 0.0695. The lowest BCUT2D eigenvalue weighted by Crippen LogP contribution is -2.55. The Morgan fingerprint density at radius 3 is 2.70 bits per heavy atom. The highest BCUT2D eigenvalue weighted by molar-refractivity contribution is 5.78. The molecule has 9 heteroatoms. The van der Waals surface area contributed by atoms with E-state index in [1.54, 1.807) is 0 Å². The molecule has 1 saturated heterocycles. The largest absolute Gasteiger partial charge is 0.394 e. The minimum atomic E-state index is -1.35. The van der Waals surface area contributed by atoms with E-state index in [1.165, 1.54) is 6.08 Å². The van der Waals surface area contributed by atoms with Crippen LogP contribution in [0.3, 0.4) is 0 Å². The fourth-order valence-corrected chi connectivity index (χ4v) is 2.31. The molecule has 0 aromatic carbocycles. The Balaban J connectivity index is 2.15. The maximum absolute atomic E-state index is 12.4. The number of urea groups is 1. The van der Waals surface area contributed by atoms with Crippen molar-refractivity contribution in [3.8, 4) is 0 Å². The quantitative estimate of drug-likeness (QED) is 0.472. The van der Waals surface area contributed by atoms with Gasteiger partial charge in [-0.15, -0.1) is 0 Å². The van der Waals surface area contributed by atoms with Crippen molar-refractivity contribution < 1.29 is 29.2 Å². The monoisotopic (exact) mass is 291 g/mol. The molecule has 0 unspecified atom stereocenters. The van der Waals surface area contributed by atoms with Crippen LogP contribution < -0.4 is 5.73 Å². The van der Waals surface area contributed by atoms with E-state index in [4.69, 9.17) is 15.6 Å². The van der Waals surface area contributed by atoms with Crippen LogP contribution in [-0.2, 0) is 4.74 Å². The first-order valence-corrected chi connectivity index (χ1v) is 6.23. The van der Waals surface area contributed by atoms with Gasteiger partial charge < -0.3 is 25.8 Å². The molecule has 2 heterocycles. The van der Waals surface area contributed by atoms with E-state index in [-0.39, 0.29) is 18.9 Å². The third-order valence-electron chi connectivity index (χ3n) is 3.42. The standard InChI is InChI=1S/C11H18FN3O5/c12-2-4-14-7(13)1-3-15(11(14)19)10-9(18)8(17)6(5-16)20-10/h1,6,8-10,16-18H,2-5,13H2/t6-,8-,9-,10-/m1/s1. The maximum atomic E-state index is 12.4. The molecule has 2 rings (SSSR count). The number of ether oxygens (including phenoxy) is 1. The van der Waals surface area contributed by atoms with Gasteiger partial charge in [0.1, 0.15) is 30.8 Å². The lowest BCUT2D eigenvalue weighted by Gasteiger charge is -2.37. The summed E-state index contributed by atoms with van der Waals surface area (Å²) in [6.45, 7) is -1.38. The molecule has 2 aliphatic rings. The third-order valence-corrected chi connectivity index (χ3v) is 3.42. The maximum Gasteiger partial charge on any atom is 0.328 e. The Hall–Kier alpha value is -1.42. The van der Waals surface area contributed by atoms with Gasteiger partial charge in [0.25, 0.3) is 0 Å². The molecule has 2 amide bonds. The molecule has 4 atom stereocenters. The average Bonchev–Trinajstić information content (AvgIpc) is 2.71. The van der Waals surface area contributed by atoms with Gasteiger partial charge in [0.2, 0.25) is 0 Å². The predicted octanol–water partition coefficient (Wildman–Crippen LogP) is -2.07. The molecule has 2 aliphatic heterocycles. The lowest BCUT2D eigenvalue weighted by atomic mass is 10.1. The molecule has 0 aromatic rings.